The number of methoxy groups -OCH3 is 1. The molecule has 0 aromatic rings. The zero-order valence-electron chi connectivity index (χ0n) is 8.73. The lowest BCUT2D eigenvalue weighted by Crippen LogP contribution is -2.57. The Bertz CT molecular complexity index is 221. The first-order valence-electron chi connectivity index (χ1n) is 5.21. The average molecular weight is 199 g/mol. The molecule has 0 saturated carbocycles. The van der Waals surface area contributed by atoms with Gasteiger partial charge in [-0.1, -0.05) is 0 Å². The molecule has 4 nitrogen and oxygen atoms in total. The zero-order chi connectivity index (χ0) is 10.1. The van der Waals surface area contributed by atoms with Crippen LogP contribution in [0.15, 0.2) is 0 Å². The monoisotopic (exact) mass is 199 g/mol. The minimum absolute atomic E-state index is 0.0324. The van der Waals surface area contributed by atoms with E-state index in [0.29, 0.717) is 12.0 Å². The van der Waals surface area contributed by atoms with Gasteiger partial charge in [0.25, 0.3) is 0 Å². The number of nitrogens with zero attached hydrogens (tertiary/aromatic N) is 1. The summed E-state index contributed by atoms with van der Waals surface area (Å²) in [6.45, 7) is 4.42. The molecule has 14 heavy (non-hydrogen) atoms. The molecule has 0 N–H and O–H groups in total. The summed E-state index contributed by atoms with van der Waals surface area (Å²) in [5.41, 5.74) is 0. The van der Waals surface area contributed by atoms with Crippen molar-refractivity contribution in [3.63, 3.8) is 0 Å². The molecule has 0 aliphatic carbocycles. The molecule has 0 aromatic heterocycles. The van der Waals surface area contributed by atoms with E-state index in [1.165, 1.54) is 7.11 Å². The second-order valence-corrected chi connectivity index (χ2v) is 4.15. The van der Waals surface area contributed by atoms with Crippen LogP contribution in [0.3, 0.4) is 0 Å². The summed E-state index contributed by atoms with van der Waals surface area (Å²) in [5, 5.41) is 0. The average Bonchev–Trinajstić information content (AvgIpc) is 2.23. The third-order valence-electron chi connectivity index (χ3n) is 3.49. The molecule has 3 heterocycles. The molecular weight excluding hydrogens is 182 g/mol. The molecule has 3 aliphatic rings. The van der Waals surface area contributed by atoms with Gasteiger partial charge in [0, 0.05) is 12.0 Å². The smallest absolute Gasteiger partial charge is 0.438 e. The minimum atomic E-state index is -0.546. The van der Waals surface area contributed by atoms with Gasteiger partial charge in [0.05, 0.1) is 7.11 Å². The highest BCUT2D eigenvalue weighted by Gasteiger charge is 2.42. The van der Waals surface area contributed by atoms with E-state index in [-0.39, 0.29) is 6.10 Å². The van der Waals surface area contributed by atoms with Crippen molar-refractivity contribution in [3.05, 3.63) is 0 Å². The number of fused-ring (bicyclic) bond motifs is 3. The summed E-state index contributed by atoms with van der Waals surface area (Å²) in [6, 6.07) is 0.349. The molecule has 0 radical (unpaired) electrons. The lowest BCUT2D eigenvalue weighted by Gasteiger charge is -2.48. The van der Waals surface area contributed by atoms with E-state index >= 15 is 0 Å². The molecule has 3 rings (SSSR count). The third kappa shape index (κ3) is 1.59. The van der Waals surface area contributed by atoms with Crippen molar-refractivity contribution in [3.8, 4) is 0 Å². The fourth-order valence-corrected chi connectivity index (χ4v) is 2.61. The van der Waals surface area contributed by atoms with Gasteiger partial charge >= 0.3 is 6.16 Å². The summed E-state index contributed by atoms with van der Waals surface area (Å²) in [7, 11) is 1.36. The Morgan fingerprint density at radius 1 is 1.36 bits per heavy atom. The predicted molar refractivity (Wildman–Crippen MR) is 51.0 cm³/mol. The second-order valence-electron chi connectivity index (χ2n) is 4.15. The number of carbonyl (C=O) groups excluding carboxylic acids is 1. The summed E-state index contributed by atoms with van der Waals surface area (Å²) in [6.07, 6.45) is 1.78. The fourth-order valence-electron chi connectivity index (χ4n) is 2.61. The Kier molecular flexibility index (Phi) is 2.63. The van der Waals surface area contributed by atoms with Crippen LogP contribution in [0.25, 0.3) is 0 Å². The minimum Gasteiger partial charge on any atom is -0.438 e. The number of piperidine rings is 3. The van der Waals surface area contributed by atoms with Gasteiger partial charge in [0.2, 0.25) is 0 Å². The van der Waals surface area contributed by atoms with Crippen molar-refractivity contribution >= 4 is 6.16 Å². The largest absolute Gasteiger partial charge is 0.508 e. The van der Waals surface area contributed by atoms with Crippen LogP contribution in [-0.4, -0.2) is 43.4 Å². The molecule has 3 aliphatic heterocycles. The van der Waals surface area contributed by atoms with E-state index < -0.39 is 6.16 Å². The SMILES string of the molecule is COC(=O)OC1C2CCN(CC2)C1C. The van der Waals surface area contributed by atoms with Crippen molar-refractivity contribution in [1.29, 1.82) is 0 Å². The predicted octanol–water partition coefficient (Wildman–Crippen LogP) is 1.25. The molecule has 80 valence electrons. The van der Waals surface area contributed by atoms with Gasteiger partial charge in [-0.05, 0) is 32.9 Å². The van der Waals surface area contributed by atoms with Gasteiger partial charge in [-0.25, -0.2) is 4.79 Å². The van der Waals surface area contributed by atoms with Crippen LogP contribution in [0.4, 0.5) is 4.79 Å². The maximum Gasteiger partial charge on any atom is 0.508 e. The Labute approximate surface area is 84.2 Å². The van der Waals surface area contributed by atoms with E-state index in [4.69, 9.17) is 4.74 Å². The normalized spacial score (nSPS) is 40.7. The lowest BCUT2D eigenvalue weighted by atomic mass is 9.81. The third-order valence-corrected chi connectivity index (χ3v) is 3.49. The van der Waals surface area contributed by atoms with E-state index in [9.17, 15) is 4.79 Å². The summed E-state index contributed by atoms with van der Waals surface area (Å²) < 4.78 is 9.81. The topological polar surface area (TPSA) is 38.8 Å². The van der Waals surface area contributed by atoms with Crippen molar-refractivity contribution in [2.75, 3.05) is 20.2 Å². The van der Waals surface area contributed by atoms with Crippen LogP contribution < -0.4 is 0 Å². The first-order chi connectivity index (χ1) is 6.72. The number of hydrogen-bond acceptors (Lipinski definition) is 4. The van der Waals surface area contributed by atoms with Crippen LogP contribution >= 0.6 is 0 Å². The maximum absolute atomic E-state index is 11.0. The number of rotatable bonds is 1. The van der Waals surface area contributed by atoms with Crippen LogP contribution in [-0.2, 0) is 9.47 Å². The van der Waals surface area contributed by atoms with E-state index in [1.54, 1.807) is 0 Å². The molecular formula is C10H17NO3. The van der Waals surface area contributed by atoms with Gasteiger partial charge in [0.15, 0.2) is 0 Å². The molecule has 0 amide bonds. The first-order valence-corrected chi connectivity index (χ1v) is 5.21. The van der Waals surface area contributed by atoms with Gasteiger partial charge in [-0.15, -0.1) is 0 Å². The standard InChI is InChI=1S/C10H17NO3/c1-7-9(14-10(12)13-2)8-3-5-11(7)6-4-8/h7-9H,3-6H2,1-2H3. The van der Waals surface area contributed by atoms with Gasteiger partial charge < -0.3 is 9.47 Å². The second kappa shape index (κ2) is 3.77. The van der Waals surface area contributed by atoms with Gasteiger partial charge in [-0.3, -0.25) is 4.90 Å². The highest BCUT2D eigenvalue weighted by molar-refractivity contribution is 5.60. The van der Waals surface area contributed by atoms with Crippen LogP contribution in [0, 0.1) is 5.92 Å². The molecule has 3 saturated heterocycles. The van der Waals surface area contributed by atoms with Crippen molar-refractivity contribution in [2.24, 2.45) is 5.92 Å². The van der Waals surface area contributed by atoms with E-state index in [1.807, 2.05) is 0 Å². The fraction of sp³-hybridized carbons (Fsp3) is 0.900. The summed E-state index contributed by atoms with van der Waals surface area (Å²) in [4.78, 5) is 13.4. The highest BCUT2D eigenvalue weighted by atomic mass is 16.7. The summed E-state index contributed by atoms with van der Waals surface area (Å²) >= 11 is 0. The number of ether oxygens (including phenoxy) is 2. The van der Waals surface area contributed by atoms with Crippen molar-refractivity contribution in [1.82, 2.24) is 4.90 Å². The number of carbonyl (C=O) groups is 1. The highest BCUT2D eigenvalue weighted by Crippen LogP contribution is 2.34. The Hall–Kier alpha value is -0.770. The molecule has 2 bridgehead atoms. The molecule has 3 fully saturated rings. The Balaban J connectivity index is 2.00. The molecule has 4 heteroatoms. The molecule has 2 atom stereocenters. The van der Waals surface area contributed by atoms with Gasteiger partial charge in [0.1, 0.15) is 6.10 Å². The van der Waals surface area contributed by atoms with Crippen LogP contribution in [0.5, 0.6) is 0 Å². The number of hydrogen-bond donors (Lipinski definition) is 0. The van der Waals surface area contributed by atoms with Crippen molar-refractivity contribution < 1.29 is 14.3 Å². The first kappa shape index (κ1) is 9.77. The maximum atomic E-state index is 11.0. The lowest BCUT2D eigenvalue weighted by molar-refractivity contribution is -0.0861. The molecule has 0 aromatic carbocycles. The van der Waals surface area contributed by atoms with Crippen LogP contribution in [0.2, 0.25) is 0 Å². The molecule has 0 spiro atoms. The zero-order valence-corrected chi connectivity index (χ0v) is 8.73. The van der Waals surface area contributed by atoms with E-state index in [2.05, 4.69) is 16.6 Å². The van der Waals surface area contributed by atoms with Crippen molar-refractivity contribution in [2.45, 2.75) is 31.9 Å². The van der Waals surface area contributed by atoms with Gasteiger partial charge in [-0.2, -0.15) is 0 Å². The quantitative estimate of drug-likeness (QED) is 0.596. The Morgan fingerprint density at radius 3 is 2.50 bits per heavy atom. The van der Waals surface area contributed by atoms with E-state index in [0.717, 1.165) is 25.9 Å². The Morgan fingerprint density at radius 2 is 2.00 bits per heavy atom. The summed E-state index contributed by atoms with van der Waals surface area (Å²) in [5.74, 6) is 0.536. The molecule has 2 unspecified atom stereocenters. The van der Waals surface area contributed by atoms with Crippen LogP contribution in [0.1, 0.15) is 19.8 Å².